The average Bonchev–Trinajstić information content (AvgIpc) is 2.56. The summed E-state index contributed by atoms with van der Waals surface area (Å²) >= 11 is 0. The van der Waals surface area contributed by atoms with Crippen LogP contribution in [-0.4, -0.2) is 37.1 Å². The predicted molar refractivity (Wildman–Crippen MR) is 53.1 cm³/mol. The predicted octanol–water partition coefficient (Wildman–Crippen LogP) is -0.440. The maximum atomic E-state index is 11.2. The van der Waals surface area contributed by atoms with E-state index in [-0.39, 0.29) is 30.4 Å². The number of hydrogen-bond acceptors (Lipinski definition) is 4. The molecule has 2 saturated heterocycles. The summed E-state index contributed by atoms with van der Waals surface area (Å²) in [5, 5.41) is 5.35. The lowest BCUT2D eigenvalue weighted by Crippen LogP contribution is -2.41. The molecule has 2 heterocycles. The Bertz CT molecular complexity index is 261. The number of amides is 2. The number of hydrogen-bond donors (Lipinski definition) is 2. The monoisotopic (exact) mass is 212 g/mol. The second-order valence-corrected chi connectivity index (χ2v) is 4.07. The van der Waals surface area contributed by atoms with Crippen LogP contribution in [0.2, 0.25) is 0 Å². The van der Waals surface area contributed by atoms with Gasteiger partial charge in [0.15, 0.2) is 0 Å². The molecule has 0 spiro atoms. The van der Waals surface area contributed by atoms with Crippen molar-refractivity contribution in [2.45, 2.75) is 37.8 Å². The van der Waals surface area contributed by atoms with E-state index in [1.54, 1.807) is 0 Å². The molecule has 2 rings (SSSR count). The largest absolute Gasteiger partial charge is 0.377 e. The minimum atomic E-state index is -0.358. The molecule has 2 aliphatic heterocycles. The van der Waals surface area contributed by atoms with Crippen LogP contribution in [0.1, 0.15) is 25.7 Å². The van der Waals surface area contributed by atoms with Gasteiger partial charge in [0.2, 0.25) is 11.8 Å². The number of imide groups is 1. The van der Waals surface area contributed by atoms with Gasteiger partial charge in [0.1, 0.15) is 0 Å². The summed E-state index contributed by atoms with van der Waals surface area (Å²) in [6.07, 6.45) is 3.80. The van der Waals surface area contributed by atoms with Gasteiger partial charge in [-0.15, -0.1) is 0 Å². The molecule has 2 aliphatic rings. The number of carbonyl (C=O) groups excluding carboxylic acids is 2. The summed E-state index contributed by atoms with van der Waals surface area (Å²) in [6, 6.07) is -0.358. The zero-order valence-electron chi connectivity index (χ0n) is 8.62. The van der Waals surface area contributed by atoms with E-state index in [2.05, 4.69) is 10.6 Å². The fourth-order valence-electron chi connectivity index (χ4n) is 1.96. The molecule has 5 heteroatoms. The highest BCUT2D eigenvalue weighted by molar-refractivity contribution is 6.05. The molecule has 0 bridgehead atoms. The van der Waals surface area contributed by atoms with Gasteiger partial charge in [-0.2, -0.15) is 0 Å². The van der Waals surface area contributed by atoms with Crippen molar-refractivity contribution in [1.82, 2.24) is 10.6 Å². The van der Waals surface area contributed by atoms with E-state index in [9.17, 15) is 9.59 Å². The highest BCUT2D eigenvalue weighted by Gasteiger charge is 2.30. The lowest BCUT2D eigenvalue weighted by molar-refractivity contribution is -0.125. The number of ether oxygens (including phenoxy) is 1. The second-order valence-electron chi connectivity index (χ2n) is 4.07. The van der Waals surface area contributed by atoms with Crippen LogP contribution in [0.25, 0.3) is 0 Å². The zero-order chi connectivity index (χ0) is 10.7. The van der Waals surface area contributed by atoms with Crippen LogP contribution in [0, 0.1) is 0 Å². The number of rotatable bonds is 3. The molecule has 0 saturated carbocycles. The van der Waals surface area contributed by atoms with E-state index in [1.165, 1.54) is 6.42 Å². The van der Waals surface area contributed by atoms with E-state index < -0.39 is 0 Å². The van der Waals surface area contributed by atoms with E-state index in [0.29, 0.717) is 6.54 Å². The Morgan fingerprint density at radius 2 is 2.27 bits per heavy atom. The number of nitrogens with one attached hydrogen (secondary N) is 2. The molecule has 15 heavy (non-hydrogen) atoms. The minimum absolute atomic E-state index is 0.193. The van der Waals surface area contributed by atoms with Gasteiger partial charge in [0, 0.05) is 13.2 Å². The lowest BCUT2D eigenvalue weighted by Gasteiger charge is -2.23. The van der Waals surface area contributed by atoms with Crippen LogP contribution in [0.5, 0.6) is 0 Å². The van der Waals surface area contributed by atoms with Crippen LogP contribution in [0.4, 0.5) is 0 Å². The molecule has 5 nitrogen and oxygen atoms in total. The third-order valence-electron chi connectivity index (χ3n) is 2.83. The summed E-state index contributed by atoms with van der Waals surface area (Å²) in [7, 11) is 0. The first-order valence-electron chi connectivity index (χ1n) is 5.44. The highest BCUT2D eigenvalue weighted by Crippen LogP contribution is 2.12. The van der Waals surface area contributed by atoms with Crippen molar-refractivity contribution >= 4 is 11.8 Å². The summed E-state index contributed by atoms with van der Waals surface area (Å²) in [5.41, 5.74) is 0. The van der Waals surface area contributed by atoms with Gasteiger partial charge < -0.3 is 10.1 Å². The molecule has 0 unspecified atom stereocenters. The van der Waals surface area contributed by atoms with E-state index in [0.717, 1.165) is 19.4 Å². The smallest absolute Gasteiger partial charge is 0.244 e. The van der Waals surface area contributed by atoms with Gasteiger partial charge in [0.05, 0.1) is 18.6 Å². The van der Waals surface area contributed by atoms with Gasteiger partial charge >= 0.3 is 0 Å². The van der Waals surface area contributed by atoms with Crippen molar-refractivity contribution in [3.63, 3.8) is 0 Å². The van der Waals surface area contributed by atoms with E-state index in [4.69, 9.17) is 4.74 Å². The molecule has 0 aromatic heterocycles. The molecule has 0 aromatic rings. The first-order chi connectivity index (χ1) is 7.25. The van der Waals surface area contributed by atoms with Crippen molar-refractivity contribution < 1.29 is 14.3 Å². The summed E-state index contributed by atoms with van der Waals surface area (Å²) in [5.74, 6) is -0.405. The topological polar surface area (TPSA) is 67.4 Å². The van der Waals surface area contributed by atoms with Crippen molar-refractivity contribution in [2.75, 3.05) is 13.2 Å². The Hall–Kier alpha value is -0.940. The van der Waals surface area contributed by atoms with Crippen molar-refractivity contribution in [1.29, 1.82) is 0 Å². The third kappa shape index (κ3) is 2.76. The van der Waals surface area contributed by atoms with E-state index in [1.807, 2.05) is 0 Å². The van der Waals surface area contributed by atoms with Gasteiger partial charge in [0.25, 0.3) is 0 Å². The maximum absolute atomic E-state index is 11.2. The van der Waals surface area contributed by atoms with E-state index >= 15 is 0 Å². The van der Waals surface area contributed by atoms with Crippen molar-refractivity contribution in [2.24, 2.45) is 0 Å². The fraction of sp³-hybridized carbons (Fsp3) is 0.800. The SMILES string of the molecule is O=C1C[C@@H](NC[C@H]2CCCCO2)C(=O)N1. The fourth-order valence-corrected chi connectivity index (χ4v) is 1.96. The molecule has 0 aromatic carbocycles. The average molecular weight is 212 g/mol. The normalized spacial score (nSPS) is 31.7. The summed E-state index contributed by atoms with van der Waals surface area (Å²) in [4.78, 5) is 22.1. The molecular formula is C10H16N2O3. The standard InChI is InChI=1S/C10H16N2O3/c13-9-5-8(10(14)12-9)11-6-7-3-1-2-4-15-7/h7-8,11H,1-6H2,(H,12,13,14)/t7-,8-/m1/s1. The van der Waals surface area contributed by atoms with Crippen LogP contribution in [-0.2, 0) is 14.3 Å². The van der Waals surface area contributed by atoms with Crippen LogP contribution < -0.4 is 10.6 Å². The summed E-state index contributed by atoms with van der Waals surface area (Å²) < 4.78 is 5.52. The molecular weight excluding hydrogens is 196 g/mol. The first-order valence-corrected chi connectivity index (χ1v) is 5.44. The Morgan fingerprint density at radius 1 is 1.40 bits per heavy atom. The van der Waals surface area contributed by atoms with Gasteiger partial charge in [-0.05, 0) is 19.3 Å². The quantitative estimate of drug-likeness (QED) is 0.622. The summed E-state index contributed by atoms with van der Waals surface area (Å²) in [6.45, 7) is 1.47. The van der Waals surface area contributed by atoms with Gasteiger partial charge in [-0.3, -0.25) is 14.9 Å². The molecule has 0 aliphatic carbocycles. The van der Waals surface area contributed by atoms with Crippen LogP contribution in [0.3, 0.4) is 0 Å². The Balaban J connectivity index is 1.73. The molecule has 84 valence electrons. The molecule has 2 N–H and O–H groups in total. The Kier molecular flexibility index (Phi) is 3.33. The van der Waals surface area contributed by atoms with Crippen LogP contribution >= 0.6 is 0 Å². The Morgan fingerprint density at radius 3 is 2.87 bits per heavy atom. The molecule has 2 fully saturated rings. The Labute approximate surface area is 88.5 Å². The maximum Gasteiger partial charge on any atom is 0.244 e. The van der Waals surface area contributed by atoms with Crippen molar-refractivity contribution in [3.05, 3.63) is 0 Å². The lowest BCUT2D eigenvalue weighted by atomic mass is 10.1. The molecule has 2 amide bonds. The number of carbonyl (C=O) groups is 2. The molecule has 0 radical (unpaired) electrons. The minimum Gasteiger partial charge on any atom is -0.377 e. The third-order valence-corrected chi connectivity index (χ3v) is 2.83. The second kappa shape index (κ2) is 4.72. The van der Waals surface area contributed by atoms with Gasteiger partial charge in [-0.1, -0.05) is 0 Å². The van der Waals surface area contributed by atoms with Crippen molar-refractivity contribution in [3.8, 4) is 0 Å². The highest BCUT2D eigenvalue weighted by atomic mass is 16.5. The van der Waals surface area contributed by atoms with Gasteiger partial charge in [-0.25, -0.2) is 0 Å². The van der Waals surface area contributed by atoms with Crippen LogP contribution in [0.15, 0.2) is 0 Å². The molecule has 2 atom stereocenters. The first kappa shape index (κ1) is 10.6. The zero-order valence-corrected chi connectivity index (χ0v) is 8.62.